The minimum Gasteiger partial charge on any atom is -0.367 e. The number of alkyl halides is 2. The summed E-state index contributed by atoms with van der Waals surface area (Å²) in [6, 6.07) is 3.91. The van der Waals surface area contributed by atoms with Crippen LogP contribution in [0.3, 0.4) is 0 Å². The number of nitrogens with zero attached hydrogens (tertiary/aromatic N) is 2. The summed E-state index contributed by atoms with van der Waals surface area (Å²) >= 11 is 0. The van der Waals surface area contributed by atoms with Crippen LogP contribution in [0.4, 0.5) is 20.4 Å². The van der Waals surface area contributed by atoms with Gasteiger partial charge in [0.1, 0.15) is 17.3 Å². The lowest BCUT2D eigenvalue weighted by Gasteiger charge is -2.33. The Morgan fingerprint density at radius 3 is 2.61 bits per heavy atom. The van der Waals surface area contributed by atoms with Gasteiger partial charge in [-0.1, -0.05) is 0 Å². The van der Waals surface area contributed by atoms with Crippen molar-refractivity contribution in [2.45, 2.75) is 51.2 Å². The van der Waals surface area contributed by atoms with Gasteiger partial charge in [-0.05, 0) is 38.8 Å². The van der Waals surface area contributed by atoms with Gasteiger partial charge in [-0.2, -0.15) is 0 Å². The highest BCUT2D eigenvalue weighted by atomic mass is 19.3. The van der Waals surface area contributed by atoms with Crippen molar-refractivity contribution in [1.29, 1.82) is 0 Å². The number of anilines is 2. The van der Waals surface area contributed by atoms with E-state index >= 15 is 0 Å². The minimum atomic E-state index is -2.61. The molecule has 0 spiro atoms. The predicted octanol–water partition coefficient (Wildman–Crippen LogP) is 3.29. The third-order valence-corrected chi connectivity index (χ3v) is 3.91. The first-order chi connectivity index (χ1) is 10.9. The number of hydrogen-bond acceptors (Lipinski definition) is 5. The number of fused-ring (bicyclic) bond motifs is 1. The Morgan fingerprint density at radius 2 is 2.00 bits per heavy atom. The van der Waals surface area contributed by atoms with Gasteiger partial charge in [-0.3, -0.25) is 0 Å². The van der Waals surface area contributed by atoms with Crippen LogP contribution in [0, 0.1) is 0 Å². The molecule has 23 heavy (non-hydrogen) atoms. The molecule has 124 valence electrons. The molecular formula is C16H21F2N5. The van der Waals surface area contributed by atoms with Crippen molar-refractivity contribution in [2.24, 2.45) is 5.73 Å². The third kappa shape index (κ3) is 3.50. The van der Waals surface area contributed by atoms with Gasteiger partial charge >= 0.3 is 0 Å². The van der Waals surface area contributed by atoms with Gasteiger partial charge in [-0.25, -0.2) is 18.7 Å². The topological polar surface area (TPSA) is 75.9 Å². The molecule has 5 nitrogen and oxygen atoms in total. The molecular weight excluding hydrogens is 300 g/mol. The van der Waals surface area contributed by atoms with Gasteiger partial charge in [0.15, 0.2) is 0 Å². The third-order valence-electron chi connectivity index (χ3n) is 3.91. The Morgan fingerprint density at radius 1 is 1.26 bits per heavy atom. The molecule has 1 saturated carbocycles. The molecule has 0 saturated heterocycles. The van der Waals surface area contributed by atoms with Crippen molar-refractivity contribution < 1.29 is 8.78 Å². The summed E-state index contributed by atoms with van der Waals surface area (Å²) in [6.07, 6.45) is 0.829. The molecule has 3 rings (SSSR count). The zero-order chi connectivity index (χ0) is 16.6. The average molecular weight is 321 g/mol. The molecule has 0 radical (unpaired) electrons. The summed E-state index contributed by atoms with van der Waals surface area (Å²) < 4.78 is 26.0. The maximum absolute atomic E-state index is 13.0. The highest BCUT2D eigenvalue weighted by molar-refractivity contribution is 5.93. The molecule has 1 fully saturated rings. The first kappa shape index (κ1) is 15.9. The van der Waals surface area contributed by atoms with E-state index in [1.54, 1.807) is 6.20 Å². The van der Waals surface area contributed by atoms with Crippen molar-refractivity contribution in [1.82, 2.24) is 9.97 Å². The lowest BCUT2D eigenvalue weighted by molar-refractivity contribution is 0.146. The number of hydrogen-bond donors (Lipinski definition) is 3. The lowest BCUT2D eigenvalue weighted by atomic mass is 9.88. The van der Waals surface area contributed by atoms with Gasteiger partial charge < -0.3 is 16.4 Å². The van der Waals surface area contributed by atoms with Gasteiger partial charge in [0.2, 0.25) is 0 Å². The van der Waals surface area contributed by atoms with E-state index in [-0.39, 0.29) is 17.8 Å². The van der Waals surface area contributed by atoms with Crippen LogP contribution in [0.1, 0.15) is 38.8 Å². The summed E-state index contributed by atoms with van der Waals surface area (Å²) in [5.74, 6) is 1.18. The van der Waals surface area contributed by atoms with Gasteiger partial charge in [-0.15, -0.1) is 0 Å². The van der Waals surface area contributed by atoms with Gasteiger partial charge in [0.05, 0.1) is 0 Å². The fraction of sp³-hybridized carbons (Fsp3) is 0.500. The summed E-state index contributed by atoms with van der Waals surface area (Å²) in [7, 11) is 0. The summed E-state index contributed by atoms with van der Waals surface area (Å²) in [5.41, 5.74) is 5.54. The van der Waals surface area contributed by atoms with Crippen molar-refractivity contribution in [3.05, 3.63) is 24.0 Å². The summed E-state index contributed by atoms with van der Waals surface area (Å²) in [4.78, 5) is 8.39. The van der Waals surface area contributed by atoms with Crippen molar-refractivity contribution in [3.8, 4) is 0 Å². The molecule has 0 unspecified atom stereocenters. The molecule has 0 atom stereocenters. The smallest absolute Gasteiger partial charge is 0.280 e. The van der Waals surface area contributed by atoms with Crippen molar-refractivity contribution in [2.75, 3.05) is 10.6 Å². The van der Waals surface area contributed by atoms with Crippen LogP contribution in [0.5, 0.6) is 0 Å². The number of rotatable bonds is 5. The van der Waals surface area contributed by atoms with Crippen LogP contribution < -0.4 is 16.4 Å². The van der Waals surface area contributed by atoms with Crippen LogP contribution in [-0.2, 0) is 0 Å². The highest BCUT2D eigenvalue weighted by Crippen LogP contribution is 2.30. The Kier molecular flexibility index (Phi) is 4.30. The Balaban J connectivity index is 1.96. The molecule has 7 heteroatoms. The summed E-state index contributed by atoms with van der Waals surface area (Å²) in [5, 5.41) is 7.89. The summed E-state index contributed by atoms with van der Waals surface area (Å²) in [6.45, 7) is 3.89. The van der Waals surface area contributed by atoms with Crippen LogP contribution in [0.25, 0.3) is 10.8 Å². The molecule has 0 aliphatic heterocycles. The number of aromatic nitrogens is 2. The van der Waals surface area contributed by atoms with Gasteiger partial charge in [0, 0.05) is 35.1 Å². The van der Waals surface area contributed by atoms with E-state index in [4.69, 9.17) is 5.73 Å². The quantitative estimate of drug-likeness (QED) is 0.788. The molecule has 2 heterocycles. The number of nitrogens with two attached hydrogens (primary N) is 1. The number of nitrogens with one attached hydrogen (secondary N) is 2. The SMILES string of the molecule is CC(C)Nc1nc(C(F)F)cc2cnc(N[C@H]3C[C@H](N)C3)cc12. The second-order valence-corrected chi connectivity index (χ2v) is 6.36. The second-order valence-electron chi connectivity index (χ2n) is 6.36. The van der Waals surface area contributed by atoms with Crippen LogP contribution in [0.15, 0.2) is 18.3 Å². The Bertz CT molecular complexity index is 698. The fourth-order valence-electron chi connectivity index (χ4n) is 2.73. The van der Waals surface area contributed by atoms with Gasteiger partial charge in [0.25, 0.3) is 6.43 Å². The largest absolute Gasteiger partial charge is 0.367 e. The first-order valence-electron chi connectivity index (χ1n) is 7.80. The van der Waals surface area contributed by atoms with E-state index in [2.05, 4.69) is 20.6 Å². The molecule has 4 N–H and O–H groups in total. The van der Waals surface area contributed by atoms with E-state index in [1.165, 1.54) is 6.07 Å². The average Bonchev–Trinajstić information content (AvgIpc) is 2.45. The van der Waals surface area contributed by atoms with E-state index in [0.29, 0.717) is 23.1 Å². The first-order valence-corrected chi connectivity index (χ1v) is 7.80. The molecule has 1 aliphatic rings. The fourth-order valence-corrected chi connectivity index (χ4v) is 2.73. The van der Waals surface area contributed by atoms with Crippen molar-refractivity contribution >= 4 is 22.4 Å². The molecule has 0 aromatic carbocycles. The molecule has 1 aliphatic carbocycles. The highest BCUT2D eigenvalue weighted by Gasteiger charge is 2.26. The Hall–Kier alpha value is -2.02. The monoisotopic (exact) mass is 321 g/mol. The number of halogens is 2. The predicted molar refractivity (Wildman–Crippen MR) is 87.9 cm³/mol. The zero-order valence-corrected chi connectivity index (χ0v) is 13.2. The molecule has 0 bridgehead atoms. The van der Waals surface area contributed by atoms with E-state index in [0.717, 1.165) is 18.2 Å². The van der Waals surface area contributed by atoms with E-state index in [1.807, 2.05) is 19.9 Å². The zero-order valence-electron chi connectivity index (χ0n) is 13.2. The lowest BCUT2D eigenvalue weighted by Crippen LogP contribution is -2.44. The van der Waals surface area contributed by atoms with E-state index < -0.39 is 6.43 Å². The molecule has 2 aromatic rings. The Labute approximate surface area is 133 Å². The van der Waals surface area contributed by atoms with Crippen LogP contribution in [0.2, 0.25) is 0 Å². The maximum Gasteiger partial charge on any atom is 0.280 e. The second kappa shape index (κ2) is 6.23. The van der Waals surface area contributed by atoms with Crippen LogP contribution in [-0.4, -0.2) is 28.1 Å². The maximum atomic E-state index is 13.0. The normalized spacial score (nSPS) is 20.8. The molecule has 0 amide bonds. The number of pyridine rings is 2. The van der Waals surface area contributed by atoms with Crippen molar-refractivity contribution in [3.63, 3.8) is 0 Å². The standard InChI is InChI=1S/C16H21F2N5/c1-8(2)21-16-12-6-14(22-11-4-10(19)5-11)20-7-9(12)3-13(23-16)15(17)18/h3,6-8,10-11,15H,4-5,19H2,1-2H3,(H,20,22)(H,21,23)/t10-,11-. The minimum absolute atomic E-state index is 0.0906. The molecule has 2 aromatic heterocycles. The van der Waals surface area contributed by atoms with E-state index in [9.17, 15) is 8.78 Å². The van der Waals surface area contributed by atoms with Crippen LogP contribution >= 0.6 is 0 Å².